The Morgan fingerprint density at radius 1 is 1.48 bits per heavy atom. The van der Waals surface area contributed by atoms with Gasteiger partial charge in [0.25, 0.3) is 5.91 Å². The number of nitrogens with zero attached hydrogens (tertiary/aromatic N) is 2. The van der Waals surface area contributed by atoms with Crippen LogP contribution in [-0.2, 0) is 0 Å². The molecule has 0 fully saturated rings. The SMILES string of the molecule is CN(C)c1nc(Cl)c(C(=O)NC2COc3ccccc32)s1. The zero-order valence-electron chi connectivity index (χ0n) is 11.6. The number of rotatable bonds is 3. The molecule has 21 heavy (non-hydrogen) atoms. The van der Waals surface area contributed by atoms with Crippen LogP contribution in [0.1, 0.15) is 21.3 Å². The van der Waals surface area contributed by atoms with Gasteiger partial charge in [-0.3, -0.25) is 4.79 Å². The normalized spacial score (nSPS) is 16.2. The van der Waals surface area contributed by atoms with Gasteiger partial charge in [-0.05, 0) is 6.07 Å². The van der Waals surface area contributed by atoms with Gasteiger partial charge in [0, 0.05) is 19.7 Å². The number of benzene rings is 1. The predicted molar refractivity (Wildman–Crippen MR) is 83.6 cm³/mol. The molecule has 0 saturated carbocycles. The molecule has 1 N–H and O–H groups in total. The molecule has 0 radical (unpaired) electrons. The second kappa shape index (κ2) is 5.54. The lowest BCUT2D eigenvalue weighted by Gasteiger charge is -2.10. The number of hydrogen-bond acceptors (Lipinski definition) is 5. The van der Waals surface area contributed by atoms with Crippen molar-refractivity contribution in [3.05, 3.63) is 39.9 Å². The van der Waals surface area contributed by atoms with Crippen molar-refractivity contribution < 1.29 is 9.53 Å². The zero-order chi connectivity index (χ0) is 15.0. The van der Waals surface area contributed by atoms with Crippen LogP contribution >= 0.6 is 22.9 Å². The summed E-state index contributed by atoms with van der Waals surface area (Å²) in [6.07, 6.45) is 0. The molecular formula is C14H14ClN3O2S. The highest BCUT2D eigenvalue weighted by molar-refractivity contribution is 7.18. The van der Waals surface area contributed by atoms with Crippen LogP contribution in [0.5, 0.6) is 5.75 Å². The number of para-hydroxylation sites is 1. The lowest BCUT2D eigenvalue weighted by atomic mass is 10.1. The van der Waals surface area contributed by atoms with E-state index in [0.717, 1.165) is 11.3 Å². The van der Waals surface area contributed by atoms with Gasteiger partial charge in [-0.25, -0.2) is 4.98 Å². The van der Waals surface area contributed by atoms with Gasteiger partial charge in [0.2, 0.25) is 0 Å². The zero-order valence-corrected chi connectivity index (χ0v) is 13.2. The van der Waals surface area contributed by atoms with Crippen molar-refractivity contribution in [1.29, 1.82) is 0 Å². The number of aromatic nitrogens is 1. The van der Waals surface area contributed by atoms with Crippen molar-refractivity contribution in [3.8, 4) is 5.75 Å². The van der Waals surface area contributed by atoms with Gasteiger partial charge in [0.05, 0.1) is 6.04 Å². The highest BCUT2D eigenvalue weighted by Crippen LogP contribution is 2.33. The van der Waals surface area contributed by atoms with Crippen LogP contribution in [0.25, 0.3) is 0 Å². The molecule has 5 nitrogen and oxygen atoms in total. The molecule has 1 aliphatic rings. The van der Waals surface area contributed by atoms with Gasteiger partial charge in [0.15, 0.2) is 10.3 Å². The minimum absolute atomic E-state index is 0.158. The van der Waals surface area contributed by atoms with Crippen LogP contribution in [-0.4, -0.2) is 31.6 Å². The molecule has 1 aromatic heterocycles. The van der Waals surface area contributed by atoms with Crippen molar-refractivity contribution in [2.45, 2.75) is 6.04 Å². The topological polar surface area (TPSA) is 54.5 Å². The Hall–Kier alpha value is -1.79. The minimum atomic E-state index is -0.226. The summed E-state index contributed by atoms with van der Waals surface area (Å²) in [5.41, 5.74) is 0.985. The van der Waals surface area contributed by atoms with Gasteiger partial charge in [0.1, 0.15) is 17.2 Å². The summed E-state index contributed by atoms with van der Waals surface area (Å²) >= 11 is 7.32. The number of ether oxygens (including phenoxy) is 1. The highest BCUT2D eigenvalue weighted by atomic mass is 35.5. The smallest absolute Gasteiger partial charge is 0.265 e. The van der Waals surface area contributed by atoms with Crippen LogP contribution in [0.4, 0.5) is 5.13 Å². The van der Waals surface area contributed by atoms with Gasteiger partial charge < -0.3 is 15.0 Å². The summed E-state index contributed by atoms with van der Waals surface area (Å²) in [5, 5.41) is 3.88. The molecule has 3 rings (SSSR count). The van der Waals surface area contributed by atoms with Crippen LogP contribution < -0.4 is 15.0 Å². The number of carbonyl (C=O) groups is 1. The number of anilines is 1. The standard InChI is InChI=1S/C14H14ClN3O2S/c1-18(2)14-17-12(15)11(21-14)13(19)16-9-7-20-10-6-4-3-5-8(9)10/h3-6,9H,7H2,1-2H3,(H,16,19). The van der Waals surface area contributed by atoms with Gasteiger partial charge in [-0.15, -0.1) is 0 Å². The lowest BCUT2D eigenvalue weighted by molar-refractivity contribution is 0.0934. The Morgan fingerprint density at radius 3 is 2.95 bits per heavy atom. The summed E-state index contributed by atoms with van der Waals surface area (Å²) in [5.74, 6) is 0.586. The number of nitrogens with one attached hydrogen (secondary N) is 1. The fourth-order valence-corrected chi connectivity index (χ4v) is 3.24. The summed E-state index contributed by atoms with van der Waals surface area (Å²) in [7, 11) is 3.72. The van der Waals surface area contributed by atoms with Gasteiger partial charge in [-0.1, -0.05) is 41.1 Å². The third kappa shape index (κ3) is 2.69. The Bertz CT molecular complexity index is 687. The molecule has 0 aliphatic carbocycles. The third-order valence-electron chi connectivity index (χ3n) is 3.17. The van der Waals surface area contributed by atoms with E-state index in [0.29, 0.717) is 16.6 Å². The Morgan fingerprint density at radius 2 is 2.24 bits per heavy atom. The number of halogens is 1. The number of thiazole rings is 1. The van der Waals surface area contributed by atoms with E-state index in [-0.39, 0.29) is 17.1 Å². The van der Waals surface area contributed by atoms with E-state index in [2.05, 4.69) is 10.3 Å². The molecule has 1 aliphatic heterocycles. The van der Waals surface area contributed by atoms with Crippen molar-refractivity contribution in [3.63, 3.8) is 0 Å². The largest absolute Gasteiger partial charge is 0.491 e. The van der Waals surface area contributed by atoms with E-state index in [1.165, 1.54) is 11.3 Å². The number of fused-ring (bicyclic) bond motifs is 1. The molecule has 2 aromatic rings. The van der Waals surface area contributed by atoms with Crippen LogP contribution in [0.2, 0.25) is 5.15 Å². The number of carbonyl (C=O) groups excluding carboxylic acids is 1. The number of amides is 1. The lowest BCUT2D eigenvalue weighted by Crippen LogP contribution is -2.29. The molecule has 0 saturated heterocycles. The van der Waals surface area contributed by atoms with Gasteiger partial charge in [-0.2, -0.15) is 0 Å². The summed E-state index contributed by atoms with van der Waals surface area (Å²) in [6.45, 7) is 0.433. The van der Waals surface area contributed by atoms with Crippen LogP contribution in [0, 0.1) is 0 Å². The quantitative estimate of drug-likeness (QED) is 0.943. The minimum Gasteiger partial charge on any atom is -0.491 e. The van der Waals surface area contributed by atoms with E-state index < -0.39 is 0 Å². The Labute approximate surface area is 131 Å². The maximum atomic E-state index is 12.4. The Balaban J connectivity index is 1.79. The van der Waals surface area contributed by atoms with E-state index in [1.807, 2.05) is 43.3 Å². The average Bonchev–Trinajstić information content (AvgIpc) is 3.03. The molecular weight excluding hydrogens is 310 g/mol. The van der Waals surface area contributed by atoms with E-state index in [4.69, 9.17) is 16.3 Å². The first kappa shape index (κ1) is 14.2. The second-order valence-electron chi connectivity index (χ2n) is 4.89. The first-order valence-electron chi connectivity index (χ1n) is 6.42. The van der Waals surface area contributed by atoms with E-state index in [1.54, 1.807) is 0 Å². The molecule has 1 unspecified atom stereocenters. The third-order valence-corrected chi connectivity index (χ3v) is 4.78. The monoisotopic (exact) mass is 323 g/mol. The molecule has 110 valence electrons. The average molecular weight is 324 g/mol. The fourth-order valence-electron chi connectivity index (χ4n) is 2.13. The molecule has 1 atom stereocenters. The van der Waals surface area contributed by atoms with Crippen LogP contribution in [0.3, 0.4) is 0 Å². The Kier molecular flexibility index (Phi) is 3.73. The first-order valence-corrected chi connectivity index (χ1v) is 7.62. The number of hydrogen-bond donors (Lipinski definition) is 1. The summed E-state index contributed by atoms with van der Waals surface area (Å²) in [4.78, 5) is 18.8. The van der Waals surface area contributed by atoms with Crippen molar-refractivity contribution >= 4 is 34.0 Å². The maximum absolute atomic E-state index is 12.4. The summed E-state index contributed by atoms with van der Waals surface area (Å²) < 4.78 is 5.55. The predicted octanol–water partition coefficient (Wildman–Crippen LogP) is 2.73. The van der Waals surface area contributed by atoms with E-state index in [9.17, 15) is 4.79 Å². The molecule has 1 aromatic carbocycles. The molecule has 1 amide bonds. The second-order valence-corrected chi connectivity index (χ2v) is 6.22. The van der Waals surface area contributed by atoms with Crippen LogP contribution in [0.15, 0.2) is 24.3 Å². The molecule has 0 spiro atoms. The molecule has 7 heteroatoms. The van der Waals surface area contributed by atoms with E-state index >= 15 is 0 Å². The van der Waals surface area contributed by atoms with Crippen molar-refractivity contribution in [2.75, 3.05) is 25.6 Å². The molecule has 2 heterocycles. The first-order chi connectivity index (χ1) is 10.1. The molecule has 0 bridgehead atoms. The van der Waals surface area contributed by atoms with Gasteiger partial charge >= 0.3 is 0 Å². The summed E-state index contributed by atoms with van der Waals surface area (Å²) in [6, 6.07) is 7.52. The highest BCUT2D eigenvalue weighted by Gasteiger charge is 2.27. The maximum Gasteiger partial charge on any atom is 0.265 e. The van der Waals surface area contributed by atoms with Crippen molar-refractivity contribution in [2.24, 2.45) is 0 Å². The van der Waals surface area contributed by atoms with Crippen molar-refractivity contribution in [1.82, 2.24) is 10.3 Å². The fraction of sp³-hybridized carbons (Fsp3) is 0.286.